The maximum absolute atomic E-state index is 12.9. The Kier molecular flexibility index (Phi) is 6.73. The molecule has 6 nitrogen and oxygen atoms in total. The topological polar surface area (TPSA) is 75.7 Å². The van der Waals surface area contributed by atoms with Crippen LogP contribution in [-0.4, -0.2) is 33.7 Å². The summed E-state index contributed by atoms with van der Waals surface area (Å²) in [7, 11) is -2.22. The van der Waals surface area contributed by atoms with Gasteiger partial charge in [-0.2, -0.15) is 0 Å². The highest BCUT2D eigenvalue weighted by atomic mass is 35.5. The van der Waals surface area contributed by atoms with Gasteiger partial charge in [-0.1, -0.05) is 30.7 Å². The highest BCUT2D eigenvalue weighted by Gasteiger charge is 2.32. The van der Waals surface area contributed by atoms with Crippen LogP contribution < -0.4 is 14.4 Å². The van der Waals surface area contributed by atoms with Gasteiger partial charge in [0.1, 0.15) is 11.8 Å². The lowest BCUT2D eigenvalue weighted by Crippen LogP contribution is -2.47. The third-order valence-corrected chi connectivity index (χ3v) is 5.51. The lowest BCUT2D eigenvalue weighted by atomic mass is 10.1. The number of hydrogen-bond acceptors (Lipinski definition) is 4. The number of nitrogens with zero attached hydrogens (tertiary/aromatic N) is 1. The van der Waals surface area contributed by atoms with E-state index in [1.165, 1.54) is 7.11 Å². The smallest absolute Gasteiger partial charge is 0.248 e. The van der Waals surface area contributed by atoms with E-state index in [0.717, 1.165) is 16.1 Å². The molecule has 0 saturated heterocycles. The SMILES string of the molecule is CC[C@H](C(=O)Nc1cc(Cl)ccc1C)N(c1cccc(OC)c1)S(C)(=O)=O. The average molecular weight is 411 g/mol. The summed E-state index contributed by atoms with van der Waals surface area (Å²) >= 11 is 6.01. The molecule has 0 aliphatic carbocycles. The van der Waals surface area contributed by atoms with Crippen LogP contribution in [0.25, 0.3) is 0 Å². The number of carbonyl (C=O) groups is 1. The molecule has 0 radical (unpaired) electrons. The lowest BCUT2D eigenvalue weighted by molar-refractivity contribution is -0.117. The van der Waals surface area contributed by atoms with E-state index < -0.39 is 22.0 Å². The zero-order valence-electron chi connectivity index (χ0n) is 15.7. The van der Waals surface area contributed by atoms with Crippen molar-refractivity contribution in [2.24, 2.45) is 0 Å². The summed E-state index contributed by atoms with van der Waals surface area (Å²) in [5.41, 5.74) is 1.74. The molecule has 0 heterocycles. The van der Waals surface area contributed by atoms with Crippen LogP contribution in [0.4, 0.5) is 11.4 Å². The molecule has 0 aliphatic rings. The number of nitrogens with one attached hydrogen (secondary N) is 1. The van der Waals surface area contributed by atoms with Gasteiger partial charge in [0.15, 0.2) is 0 Å². The molecule has 0 saturated carbocycles. The van der Waals surface area contributed by atoms with E-state index in [4.69, 9.17) is 16.3 Å². The fourth-order valence-corrected chi connectivity index (χ4v) is 4.13. The number of sulfonamides is 1. The highest BCUT2D eigenvalue weighted by Crippen LogP contribution is 2.27. The third kappa shape index (κ3) is 5.14. The second kappa shape index (κ2) is 8.63. The van der Waals surface area contributed by atoms with Crippen molar-refractivity contribution in [3.63, 3.8) is 0 Å². The molecule has 0 spiro atoms. The zero-order valence-corrected chi connectivity index (χ0v) is 17.3. The molecule has 1 atom stereocenters. The van der Waals surface area contributed by atoms with Gasteiger partial charge in [0, 0.05) is 16.8 Å². The normalized spacial score (nSPS) is 12.3. The minimum Gasteiger partial charge on any atom is -0.497 e. The minimum absolute atomic E-state index is 0.287. The Labute approximate surface area is 165 Å². The van der Waals surface area contributed by atoms with Gasteiger partial charge in [0.05, 0.1) is 19.1 Å². The molecule has 0 bridgehead atoms. The van der Waals surface area contributed by atoms with Crippen molar-refractivity contribution in [3.05, 3.63) is 53.1 Å². The van der Waals surface area contributed by atoms with E-state index in [1.54, 1.807) is 49.4 Å². The largest absolute Gasteiger partial charge is 0.497 e. The Morgan fingerprint density at radius 1 is 1.26 bits per heavy atom. The van der Waals surface area contributed by atoms with Gasteiger partial charge < -0.3 is 10.1 Å². The Morgan fingerprint density at radius 3 is 2.56 bits per heavy atom. The van der Waals surface area contributed by atoms with Crippen molar-refractivity contribution >= 4 is 38.9 Å². The minimum atomic E-state index is -3.72. The number of amides is 1. The fourth-order valence-electron chi connectivity index (χ4n) is 2.75. The van der Waals surface area contributed by atoms with Crippen LogP contribution in [0.1, 0.15) is 18.9 Å². The maximum Gasteiger partial charge on any atom is 0.248 e. The van der Waals surface area contributed by atoms with Crippen molar-refractivity contribution in [1.82, 2.24) is 0 Å². The van der Waals surface area contributed by atoms with Gasteiger partial charge >= 0.3 is 0 Å². The van der Waals surface area contributed by atoms with E-state index in [9.17, 15) is 13.2 Å². The van der Waals surface area contributed by atoms with Crippen molar-refractivity contribution < 1.29 is 17.9 Å². The van der Waals surface area contributed by atoms with Gasteiger partial charge in [-0.3, -0.25) is 9.10 Å². The number of benzene rings is 2. The van der Waals surface area contributed by atoms with Gasteiger partial charge in [-0.05, 0) is 43.2 Å². The second-order valence-electron chi connectivity index (χ2n) is 6.13. The summed E-state index contributed by atoms with van der Waals surface area (Å²) < 4.78 is 31.3. The summed E-state index contributed by atoms with van der Waals surface area (Å²) in [5.74, 6) is 0.0678. The van der Waals surface area contributed by atoms with Crippen LogP contribution in [0.2, 0.25) is 5.02 Å². The molecule has 0 unspecified atom stereocenters. The summed E-state index contributed by atoms with van der Waals surface area (Å²) in [6, 6.07) is 10.8. The van der Waals surface area contributed by atoms with E-state index >= 15 is 0 Å². The maximum atomic E-state index is 12.9. The van der Waals surface area contributed by atoms with Crippen LogP contribution in [0.3, 0.4) is 0 Å². The van der Waals surface area contributed by atoms with Gasteiger partial charge in [-0.15, -0.1) is 0 Å². The van der Waals surface area contributed by atoms with E-state index in [2.05, 4.69) is 5.32 Å². The summed E-state index contributed by atoms with van der Waals surface area (Å²) in [6.07, 6.45) is 1.36. The first-order valence-corrected chi connectivity index (χ1v) is 10.6. The molecule has 1 N–H and O–H groups in total. The van der Waals surface area contributed by atoms with E-state index in [1.807, 2.05) is 6.92 Å². The van der Waals surface area contributed by atoms with E-state index in [0.29, 0.717) is 22.1 Å². The Hall–Kier alpha value is -2.25. The number of halogens is 1. The van der Waals surface area contributed by atoms with Gasteiger partial charge in [0.2, 0.25) is 15.9 Å². The highest BCUT2D eigenvalue weighted by molar-refractivity contribution is 7.92. The van der Waals surface area contributed by atoms with Crippen molar-refractivity contribution in [3.8, 4) is 5.75 Å². The van der Waals surface area contributed by atoms with Crippen LogP contribution in [0.15, 0.2) is 42.5 Å². The molecule has 2 rings (SSSR count). The Morgan fingerprint density at radius 2 is 1.96 bits per heavy atom. The molecule has 146 valence electrons. The second-order valence-corrected chi connectivity index (χ2v) is 8.43. The average Bonchev–Trinajstić information content (AvgIpc) is 2.61. The molecule has 2 aromatic rings. The molecule has 1 amide bonds. The fraction of sp³-hybridized carbons (Fsp3) is 0.316. The number of rotatable bonds is 7. The van der Waals surface area contributed by atoms with Crippen LogP contribution >= 0.6 is 11.6 Å². The summed E-state index contributed by atoms with van der Waals surface area (Å²) in [5, 5.41) is 3.28. The molecule has 2 aromatic carbocycles. The molecule has 0 aliphatic heterocycles. The monoisotopic (exact) mass is 410 g/mol. The Bertz CT molecular complexity index is 931. The first-order chi connectivity index (χ1) is 12.7. The number of carbonyl (C=O) groups excluding carboxylic acids is 1. The number of aryl methyl sites for hydroxylation is 1. The Balaban J connectivity index is 2.42. The van der Waals surface area contributed by atoms with Crippen molar-refractivity contribution in [2.45, 2.75) is 26.3 Å². The number of anilines is 2. The predicted molar refractivity (Wildman–Crippen MR) is 109 cm³/mol. The van der Waals surface area contributed by atoms with E-state index in [-0.39, 0.29) is 6.42 Å². The predicted octanol–water partition coefficient (Wildman–Crippen LogP) is 3.84. The number of ether oxygens (including phenoxy) is 1. The number of methoxy groups -OCH3 is 1. The van der Waals surface area contributed by atoms with Gasteiger partial charge in [-0.25, -0.2) is 8.42 Å². The molecule has 27 heavy (non-hydrogen) atoms. The standard InChI is InChI=1S/C19H23ClN2O4S/c1-5-18(19(23)21-17-11-14(20)10-9-13(17)2)22(27(4,24)25)15-7-6-8-16(12-15)26-3/h6-12,18H,5H2,1-4H3,(H,21,23)/t18-/m1/s1. The molecular weight excluding hydrogens is 388 g/mol. The van der Waals surface area contributed by atoms with Crippen molar-refractivity contribution in [1.29, 1.82) is 0 Å². The summed E-state index contributed by atoms with van der Waals surface area (Å²) in [6.45, 7) is 3.59. The summed E-state index contributed by atoms with van der Waals surface area (Å²) in [4.78, 5) is 12.9. The quantitative estimate of drug-likeness (QED) is 0.752. The zero-order chi connectivity index (χ0) is 20.2. The van der Waals surface area contributed by atoms with Crippen LogP contribution in [0, 0.1) is 6.92 Å². The van der Waals surface area contributed by atoms with Crippen molar-refractivity contribution in [2.75, 3.05) is 23.0 Å². The lowest BCUT2D eigenvalue weighted by Gasteiger charge is -2.30. The first-order valence-electron chi connectivity index (χ1n) is 8.37. The third-order valence-electron chi connectivity index (χ3n) is 4.10. The molecule has 0 aromatic heterocycles. The van der Waals surface area contributed by atoms with Gasteiger partial charge in [0.25, 0.3) is 0 Å². The molecule has 8 heteroatoms. The van der Waals surface area contributed by atoms with Crippen LogP contribution in [0.5, 0.6) is 5.75 Å². The number of hydrogen-bond donors (Lipinski definition) is 1. The molecular formula is C19H23ClN2O4S. The van der Waals surface area contributed by atoms with Crippen LogP contribution in [-0.2, 0) is 14.8 Å². The first kappa shape index (κ1) is 21.1. The molecule has 0 fully saturated rings.